The van der Waals surface area contributed by atoms with Crippen molar-refractivity contribution in [3.63, 3.8) is 0 Å². The first-order valence-electron chi connectivity index (χ1n) is 11.6. The minimum Gasteiger partial charge on any atom is -0.487 e. The zero-order valence-electron chi connectivity index (χ0n) is 20.6. The number of rotatable bonds is 6. The molecule has 8 heteroatoms. The van der Waals surface area contributed by atoms with Crippen molar-refractivity contribution in [2.24, 2.45) is 11.8 Å². The molecule has 1 aromatic carbocycles. The van der Waals surface area contributed by atoms with Gasteiger partial charge >= 0.3 is 0 Å². The van der Waals surface area contributed by atoms with Crippen molar-refractivity contribution in [2.75, 3.05) is 26.7 Å². The largest absolute Gasteiger partial charge is 0.487 e. The lowest BCUT2D eigenvalue weighted by atomic mass is 10.0. The molecule has 0 radical (unpaired) electrons. The van der Waals surface area contributed by atoms with Gasteiger partial charge in [-0.25, -0.2) is 8.42 Å². The quantitative estimate of drug-likeness (QED) is 0.634. The first-order chi connectivity index (χ1) is 16.1. The maximum Gasteiger partial charge on any atom is 0.247 e. The maximum atomic E-state index is 13.6. The van der Waals surface area contributed by atoms with Crippen LogP contribution < -0.4 is 4.74 Å². The number of aromatic nitrogens is 1. The van der Waals surface area contributed by atoms with Gasteiger partial charge in [-0.1, -0.05) is 38.7 Å². The van der Waals surface area contributed by atoms with Gasteiger partial charge in [-0.3, -0.25) is 9.88 Å². The van der Waals surface area contributed by atoms with Crippen LogP contribution in [0, 0.1) is 23.7 Å². The van der Waals surface area contributed by atoms with Crippen molar-refractivity contribution in [1.82, 2.24) is 14.2 Å². The zero-order valence-corrected chi connectivity index (χ0v) is 21.4. The third-order valence-electron chi connectivity index (χ3n) is 5.84. The van der Waals surface area contributed by atoms with Gasteiger partial charge < -0.3 is 9.84 Å². The second-order valence-corrected chi connectivity index (χ2v) is 11.2. The van der Waals surface area contributed by atoms with Crippen molar-refractivity contribution in [3.05, 3.63) is 53.9 Å². The molecule has 2 heterocycles. The number of pyridine rings is 1. The Balaban J connectivity index is 1.99. The lowest BCUT2D eigenvalue weighted by molar-refractivity contribution is 0.0733. The van der Waals surface area contributed by atoms with Gasteiger partial charge in [-0.2, -0.15) is 4.31 Å². The lowest BCUT2D eigenvalue weighted by Crippen LogP contribution is -2.49. The van der Waals surface area contributed by atoms with Crippen LogP contribution in [0.2, 0.25) is 0 Å². The summed E-state index contributed by atoms with van der Waals surface area (Å²) in [4.78, 5) is 6.44. The molecule has 1 aliphatic rings. The molecule has 0 aliphatic carbocycles. The summed E-state index contributed by atoms with van der Waals surface area (Å²) >= 11 is 0. The van der Waals surface area contributed by atoms with E-state index in [-0.39, 0.29) is 36.0 Å². The SMILES string of the molecule is CC(C)C#Cc1ccc2c(c1)O[C@@H](CN(C)Cc1cccnc1)[C@H](C)CN([C@@H](C)CO)S2(=O)=O. The van der Waals surface area contributed by atoms with Crippen LogP contribution in [0.5, 0.6) is 5.75 Å². The van der Waals surface area contributed by atoms with Crippen LogP contribution in [-0.4, -0.2) is 66.6 Å². The molecule has 2 aromatic rings. The number of aliphatic hydroxyl groups is 1. The van der Waals surface area contributed by atoms with Gasteiger partial charge in [0.15, 0.2) is 0 Å². The molecule has 1 aromatic heterocycles. The van der Waals surface area contributed by atoms with Gasteiger partial charge in [0.1, 0.15) is 16.7 Å². The summed E-state index contributed by atoms with van der Waals surface area (Å²) in [6.07, 6.45) is 3.32. The number of likely N-dealkylation sites (N-methyl/N-ethyl adjacent to an activating group) is 1. The summed E-state index contributed by atoms with van der Waals surface area (Å²) in [5, 5.41) is 9.79. The van der Waals surface area contributed by atoms with Crippen molar-refractivity contribution >= 4 is 10.0 Å². The number of hydrogen-bond donors (Lipinski definition) is 1. The van der Waals surface area contributed by atoms with Gasteiger partial charge in [0, 0.05) is 55.5 Å². The van der Waals surface area contributed by atoms with Crippen molar-refractivity contribution in [2.45, 2.75) is 51.3 Å². The Hall–Kier alpha value is -2.44. The minimum absolute atomic E-state index is 0.106. The van der Waals surface area contributed by atoms with Gasteiger partial charge in [-0.15, -0.1) is 0 Å². The van der Waals surface area contributed by atoms with Gasteiger partial charge in [0.2, 0.25) is 10.0 Å². The van der Waals surface area contributed by atoms with Crippen molar-refractivity contribution in [1.29, 1.82) is 0 Å². The standard InChI is InChI=1S/C26H35N3O4S/c1-19(2)8-9-22-10-11-26-24(13-22)33-25(17-28(5)16-23-7-6-12-27-14-23)20(3)15-29(21(4)18-30)34(26,31)32/h6-7,10-14,19-21,25,30H,15-18H2,1-5H3/t20-,21+,25+/m1/s1. The fourth-order valence-corrected chi connectivity index (χ4v) is 5.75. The normalized spacial score (nSPS) is 21.1. The van der Waals surface area contributed by atoms with E-state index < -0.39 is 16.1 Å². The minimum atomic E-state index is -3.86. The molecule has 0 saturated heterocycles. The predicted octanol–water partition coefficient (Wildman–Crippen LogP) is 2.99. The third kappa shape index (κ3) is 6.36. The maximum absolute atomic E-state index is 13.6. The predicted molar refractivity (Wildman–Crippen MR) is 133 cm³/mol. The zero-order chi connectivity index (χ0) is 24.9. The summed E-state index contributed by atoms with van der Waals surface area (Å²) in [6.45, 7) is 9.01. The number of ether oxygens (including phenoxy) is 1. The van der Waals surface area contributed by atoms with Crippen LogP contribution in [0.4, 0.5) is 0 Å². The van der Waals surface area contributed by atoms with E-state index in [2.05, 4.69) is 21.7 Å². The summed E-state index contributed by atoms with van der Waals surface area (Å²) < 4.78 is 34.9. The van der Waals surface area contributed by atoms with Crippen molar-refractivity contribution in [3.8, 4) is 17.6 Å². The molecule has 0 fully saturated rings. The lowest BCUT2D eigenvalue weighted by Gasteiger charge is -2.37. The Morgan fingerprint density at radius 2 is 2.06 bits per heavy atom. The first-order valence-corrected chi connectivity index (χ1v) is 13.1. The van der Waals surface area contributed by atoms with E-state index in [1.54, 1.807) is 31.3 Å². The second-order valence-electron chi connectivity index (χ2n) is 9.38. The van der Waals surface area contributed by atoms with Crippen LogP contribution in [0.3, 0.4) is 0 Å². The Kier molecular flexibility index (Phi) is 8.72. The fourth-order valence-electron chi connectivity index (χ4n) is 3.92. The van der Waals surface area contributed by atoms with Crippen LogP contribution in [0.25, 0.3) is 0 Å². The molecule has 34 heavy (non-hydrogen) atoms. The number of nitrogens with zero attached hydrogens (tertiary/aromatic N) is 3. The number of benzene rings is 1. The molecule has 0 saturated carbocycles. The van der Waals surface area contributed by atoms with Crippen LogP contribution in [0.1, 0.15) is 38.8 Å². The van der Waals surface area contributed by atoms with E-state index in [1.165, 1.54) is 4.31 Å². The van der Waals surface area contributed by atoms with Crippen molar-refractivity contribution < 1.29 is 18.3 Å². The smallest absolute Gasteiger partial charge is 0.247 e. The third-order valence-corrected chi connectivity index (χ3v) is 7.86. The van der Waals surface area contributed by atoms with E-state index in [4.69, 9.17) is 4.74 Å². The highest BCUT2D eigenvalue weighted by Crippen LogP contribution is 2.34. The Bertz CT molecular complexity index is 1130. The summed E-state index contributed by atoms with van der Waals surface area (Å²) in [5.74, 6) is 6.61. The van der Waals surface area contributed by atoms with E-state index in [1.807, 2.05) is 46.1 Å². The van der Waals surface area contributed by atoms with E-state index >= 15 is 0 Å². The monoisotopic (exact) mass is 485 g/mol. The number of fused-ring (bicyclic) bond motifs is 1. The molecule has 0 unspecified atom stereocenters. The number of aliphatic hydroxyl groups excluding tert-OH is 1. The van der Waals surface area contributed by atoms with E-state index in [9.17, 15) is 13.5 Å². The molecule has 1 aliphatic heterocycles. The van der Waals surface area contributed by atoms with Crippen LogP contribution in [-0.2, 0) is 16.6 Å². The highest BCUT2D eigenvalue weighted by atomic mass is 32.2. The van der Waals surface area contributed by atoms with Gasteiger partial charge in [-0.05, 0) is 43.8 Å². The molecule has 7 nitrogen and oxygen atoms in total. The van der Waals surface area contributed by atoms with E-state index in [0.717, 1.165) is 5.56 Å². The van der Waals surface area contributed by atoms with Crippen LogP contribution >= 0.6 is 0 Å². The average molecular weight is 486 g/mol. The summed E-state index contributed by atoms with van der Waals surface area (Å²) in [7, 11) is -1.85. The molecule has 0 amide bonds. The molecule has 1 N–H and O–H groups in total. The molecule has 3 rings (SSSR count). The molecule has 184 valence electrons. The first kappa shape index (κ1) is 26.2. The summed E-state index contributed by atoms with van der Waals surface area (Å²) in [6, 6.07) is 8.39. The molecular formula is C26H35N3O4S. The van der Waals surface area contributed by atoms with Gasteiger partial charge in [0.05, 0.1) is 6.61 Å². The molecule has 3 atom stereocenters. The Morgan fingerprint density at radius 1 is 1.29 bits per heavy atom. The Labute approximate surface area is 203 Å². The molecule has 0 spiro atoms. The second kappa shape index (κ2) is 11.3. The van der Waals surface area contributed by atoms with E-state index in [0.29, 0.717) is 24.4 Å². The molecular weight excluding hydrogens is 450 g/mol. The topological polar surface area (TPSA) is 83.0 Å². The highest BCUT2D eigenvalue weighted by Gasteiger charge is 2.38. The number of sulfonamides is 1. The van der Waals surface area contributed by atoms with Gasteiger partial charge in [0.25, 0.3) is 0 Å². The number of hydrogen-bond acceptors (Lipinski definition) is 6. The average Bonchev–Trinajstić information content (AvgIpc) is 2.80. The highest BCUT2D eigenvalue weighted by molar-refractivity contribution is 7.89. The molecule has 0 bridgehead atoms. The fraction of sp³-hybridized carbons (Fsp3) is 0.500. The summed E-state index contributed by atoms with van der Waals surface area (Å²) in [5.41, 5.74) is 1.80. The Morgan fingerprint density at radius 3 is 2.71 bits per heavy atom. The van der Waals surface area contributed by atoms with Crippen LogP contribution in [0.15, 0.2) is 47.6 Å².